The number of nitrogens with zero attached hydrogens (tertiary/aromatic N) is 3. The maximum atomic E-state index is 12.0. The monoisotopic (exact) mass is 360 g/mol. The van der Waals surface area contributed by atoms with Crippen molar-refractivity contribution in [1.82, 2.24) is 9.97 Å². The molecule has 0 saturated heterocycles. The summed E-state index contributed by atoms with van der Waals surface area (Å²) in [6, 6.07) is 17.5. The van der Waals surface area contributed by atoms with Crippen LogP contribution in [-0.4, -0.2) is 29.6 Å². The maximum absolute atomic E-state index is 12.0. The minimum atomic E-state index is -0.391. The molecule has 1 aliphatic rings. The molecule has 4 rings (SSSR count). The van der Waals surface area contributed by atoms with Crippen LogP contribution in [0.1, 0.15) is 21.7 Å². The van der Waals surface area contributed by atoms with Crippen molar-refractivity contribution in [3.05, 3.63) is 71.5 Å². The van der Waals surface area contributed by atoms with Gasteiger partial charge in [-0.15, -0.1) is 0 Å². The first-order valence-corrected chi connectivity index (χ1v) is 8.81. The number of aryl methyl sites for hydroxylation is 1. The second-order valence-corrected chi connectivity index (χ2v) is 6.35. The number of carbonyl (C=O) groups excluding carboxylic acids is 1. The van der Waals surface area contributed by atoms with Gasteiger partial charge in [0.25, 0.3) is 0 Å². The third-order valence-electron chi connectivity index (χ3n) is 4.58. The summed E-state index contributed by atoms with van der Waals surface area (Å²) < 4.78 is 4.86. The van der Waals surface area contributed by atoms with Crippen LogP contribution in [0.2, 0.25) is 0 Å². The SMILES string of the molecule is COC(=O)c1ccccc1Nc1cc(N2CCc3ccccc32)nc(C)n1. The van der Waals surface area contributed by atoms with Crippen molar-refractivity contribution in [3.8, 4) is 0 Å². The topological polar surface area (TPSA) is 67.3 Å². The standard InChI is InChI=1S/C21H20N4O2/c1-14-22-19(24-17-9-5-4-8-16(17)21(26)27-2)13-20(23-14)25-12-11-15-7-3-6-10-18(15)25/h3-10,13H,11-12H2,1-2H3,(H,22,23,24). The van der Waals surface area contributed by atoms with E-state index in [1.807, 2.05) is 31.2 Å². The summed E-state index contributed by atoms with van der Waals surface area (Å²) in [7, 11) is 1.37. The number of fused-ring (bicyclic) bond motifs is 1. The molecule has 0 saturated carbocycles. The Balaban J connectivity index is 1.68. The molecule has 6 heteroatoms. The maximum Gasteiger partial charge on any atom is 0.339 e. The van der Waals surface area contributed by atoms with Gasteiger partial charge in [0.05, 0.1) is 18.4 Å². The minimum absolute atomic E-state index is 0.391. The number of aromatic nitrogens is 2. The number of ether oxygens (including phenoxy) is 1. The quantitative estimate of drug-likeness (QED) is 0.709. The fourth-order valence-corrected chi connectivity index (χ4v) is 3.35. The lowest BCUT2D eigenvalue weighted by atomic mass is 10.2. The summed E-state index contributed by atoms with van der Waals surface area (Å²) in [5.41, 5.74) is 3.61. The summed E-state index contributed by atoms with van der Waals surface area (Å²) in [5, 5.41) is 3.24. The van der Waals surface area contributed by atoms with Crippen LogP contribution in [0, 0.1) is 6.92 Å². The van der Waals surface area contributed by atoms with Gasteiger partial charge in [0.1, 0.15) is 17.5 Å². The number of anilines is 4. The molecule has 1 N–H and O–H groups in total. The van der Waals surface area contributed by atoms with E-state index >= 15 is 0 Å². The molecule has 2 heterocycles. The third kappa shape index (κ3) is 3.33. The van der Waals surface area contributed by atoms with Crippen molar-refractivity contribution in [2.45, 2.75) is 13.3 Å². The van der Waals surface area contributed by atoms with Crippen LogP contribution in [0.15, 0.2) is 54.6 Å². The van der Waals surface area contributed by atoms with E-state index in [0.29, 0.717) is 22.9 Å². The Morgan fingerprint density at radius 2 is 1.89 bits per heavy atom. The Kier molecular flexibility index (Phi) is 4.46. The van der Waals surface area contributed by atoms with E-state index in [4.69, 9.17) is 4.74 Å². The molecule has 27 heavy (non-hydrogen) atoms. The largest absolute Gasteiger partial charge is 0.465 e. The highest BCUT2D eigenvalue weighted by molar-refractivity contribution is 5.96. The fraction of sp³-hybridized carbons (Fsp3) is 0.190. The lowest BCUT2D eigenvalue weighted by molar-refractivity contribution is 0.0602. The van der Waals surface area contributed by atoms with Crippen molar-refractivity contribution in [3.63, 3.8) is 0 Å². The molecule has 0 unspecified atom stereocenters. The number of methoxy groups -OCH3 is 1. The molecule has 0 fully saturated rings. The summed E-state index contributed by atoms with van der Waals surface area (Å²) in [4.78, 5) is 23.3. The number of para-hydroxylation sites is 2. The number of benzene rings is 2. The fourth-order valence-electron chi connectivity index (χ4n) is 3.35. The first kappa shape index (κ1) is 17.0. The molecule has 0 spiro atoms. The van der Waals surface area contributed by atoms with E-state index in [1.165, 1.54) is 18.4 Å². The molecule has 2 aromatic carbocycles. The van der Waals surface area contributed by atoms with Gasteiger partial charge in [-0.3, -0.25) is 0 Å². The predicted molar refractivity (Wildman–Crippen MR) is 105 cm³/mol. The molecular weight excluding hydrogens is 340 g/mol. The number of carbonyl (C=O) groups is 1. The van der Waals surface area contributed by atoms with Crippen LogP contribution in [0.25, 0.3) is 0 Å². The van der Waals surface area contributed by atoms with Gasteiger partial charge >= 0.3 is 5.97 Å². The summed E-state index contributed by atoms with van der Waals surface area (Å²) in [6.07, 6.45) is 0.993. The molecule has 3 aromatic rings. The van der Waals surface area contributed by atoms with E-state index in [9.17, 15) is 4.79 Å². The number of rotatable bonds is 4. The molecule has 0 amide bonds. The van der Waals surface area contributed by atoms with Crippen LogP contribution >= 0.6 is 0 Å². The Hall–Kier alpha value is -3.41. The zero-order valence-corrected chi connectivity index (χ0v) is 15.3. The van der Waals surface area contributed by atoms with Gasteiger partial charge in [-0.05, 0) is 37.1 Å². The smallest absolute Gasteiger partial charge is 0.339 e. The lowest BCUT2D eigenvalue weighted by Gasteiger charge is -2.20. The molecule has 1 aliphatic heterocycles. The molecular formula is C21H20N4O2. The van der Waals surface area contributed by atoms with Crippen molar-refractivity contribution < 1.29 is 9.53 Å². The van der Waals surface area contributed by atoms with Crippen molar-refractivity contribution in [1.29, 1.82) is 0 Å². The molecule has 6 nitrogen and oxygen atoms in total. The highest BCUT2D eigenvalue weighted by Gasteiger charge is 2.22. The molecule has 0 radical (unpaired) electrons. The number of nitrogens with one attached hydrogen (secondary N) is 1. The van der Waals surface area contributed by atoms with Crippen molar-refractivity contribution in [2.24, 2.45) is 0 Å². The normalized spacial score (nSPS) is 12.6. The minimum Gasteiger partial charge on any atom is -0.465 e. The summed E-state index contributed by atoms with van der Waals surface area (Å²) in [5.74, 6) is 1.75. The van der Waals surface area contributed by atoms with Gasteiger partial charge in [-0.25, -0.2) is 14.8 Å². The second-order valence-electron chi connectivity index (χ2n) is 6.35. The van der Waals surface area contributed by atoms with E-state index < -0.39 is 5.97 Å². The van der Waals surface area contributed by atoms with E-state index in [2.05, 4.69) is 38.4 Å². The number of esters is 1. The van der Waals surface area contributed by atoms with Crippen LogP contribution in [0.4, 0.5) is 23.0 Å². The number of hydrogen-bond acceptors (Lipinski definition) is 6. The second kappa shape index (κ2) is 7.07. The zero-order valence-electron chi connectivity index (χ0n) is 15.3. The molecule has 0 atom stereocenters. The summed E-state index contributed by atoms with van der Waals surface area (Å²) >= 11 is 0. The van der Waals surface area contributed by atoms with Gasteiger partial charge in [-0.1, -0.05) is 30.3 Å². The van der Waals surface area contributed by atoms with Crippen LogP contribution in [0.5, 0.6) is 0 Å². The average Bonchev–Trinajstić information content (AvgIpc) is 3.11. The van der Waals surface area contributed by atoms with Crippen LogP contribution in [0.3, 0.4) is 0 Å². The third-order valence-corrected chi connectivity index (χ3v) is 4.58. The zero-order chi connectivity index (χ0) is 18.8. The Morgan fingerprint density at radius 1 is 1.11 bits per heavy atom. The van der Waals surface area contributed by atoms with Crippen molar-refractivity contribution in [2.75, 3.05) is 23.9 Å². The van der Waals surface area contributed by atoms with Gasteiger partial charge in [-0.2, -0.15) is 0 Å². The average molecular weight is 360 g/mol. The van der Waals surface area contributed by atoms with Crippen LogP contribution in [-0.2, 0) is 11.2 Å². The molecule has 1 aromatic heterocycles. The van der Waals surface area contributed by atoms with E-state index in [0.717, 1.165) is 18.8 Å². The highest BCUT2D eigenvalue weighted by Crippen LogP contribution is 2.34. The molecule has 0 bridgehead atoms. The first-order valence-electron chi connectivity index (χ1n) is 8.81. The van der Waals surface area contributed by atoms with Gasteiger partial charge in [0, 0.05) is 18.3 Å². The Labute approximate surface area is 157 Å². The van der Waals surface area contributed by atoms with E-state index in [1.54, 1.807) is 12.1 Å². The number of hydrogen-bond donors (Lipinski definition) is 1. The lowest BCUT2D eigenvalue weighted by Crippen LogP contribution is -2.16. The van der Waals surface area contributed by atoms with Gasteiger partial charge < -0.3 is 15.0 Å². The van der Waals surface area contributed by atoms with E-state index in [-0.39, 0.29) is 0 Å². The summed E-state index contributed by atoms with van der Waals surface area (Å²) in [6.45, 7) is 2.75. The Morgan fingerprint density at radius 3 is 2.74 bits per heavy atom. The predicted octanol–water partition coefficient (Wildman–Crippen LogP) is 4.01. The highest BCUT2D eigenvalue weighted by atomic mass is 16.5. The molecule has 136 valence electrons. The molecule has 0 aliphatic carbocycles. The first-order chi connectivity index (χ1) is 13.2. The van der Waals surface area contributed by atoms with Gasteiger partial charge in [0.2, 0.25) is 0 Å². The van der Waals surface area contributed by atoms with Crippen LogP contribution < -0.4 is 10.2 Å². The Bertz CT molecular complexity index is 1000. The van der Waals surface area contributed by atoms with Crippen molar-refractivity contribution >= 4 is 29.0 Å². The van der Waals surface area contributed by atoms with Gasteiger partial charge in [0.15, 0.2) is 0 Å².